The summed E-state index contributed by atoms with van der Waals surface area (Å²) in [6, 6.07) is 17.5. The van der Waals surface area contributed by atoms with Crippen LogP contribution < -0.4 is 10.1 Å². The molecule has 1 amide bonds. The molecule has 2 rings (SSSR count). The van der Waals surface area contributed by atoms with E-state index in [0.29, 0.717) is 44.6 Å². The Morgan fingerprint density at radius 1 is 0.860 bits per heavy atom. The monoisotopic (exact) mass is 593 g/mol. The molecule has 2 aromatic rings. The van der Waals surface area contributed by atoms with Crippen LogP contribution in [0.5, 0.6) is 5.75 Å². The fourth-order valence-electron chi connectivity index (χ4n) is 4.82. The van der Waals surface area contributed by atoms with E-state index in [9.17, 15) is 24.6 Å². The molecule has 0 fully saturated rings. The minimum atomic E-state index is -2.23. The van der Waals surface area contributed by atoms with Crippen molar-refractivity contribution in [2.75, 3.05) is 6.54 Å². The van der Waals surface area contributed by atoms with Crippen molar-refractivity contribution < 1.29 is 29.3 Å². The van der Waals surface area contributed by atoms with Crippen molar-refractivity contribution in [2.24, 2.45) is 5.92 Å². The molecule has 2 aromatic carbocycles. The topological polar surface area (TPSA) is 113 Å². The van der Waals surface area contributed by atoms with Gasteiger partial charge in [0, 0.05) is 19.4 Å². The number of rotatable bonds is 23. The zero-order valence-corrected chi connectivity index (χ0v) is 26.1. The lowest BCUT2D eigenvalue weighted by Crippen LogP contribution is -2.49. The van der Waals surface area contributed by atoms with Crippen LogP contribution in [0.3, 0.4) is 0 Å². The molecule has 7 heteroatoms. The standard InChI is InChI=1S/C36H51NO6/c1-3-4-5-8-14-19-31(38)20-15-9-6-7-10-16-21-33(36(2,42)35(40)41)34(39)37-27-26-29-22-24-32(25-23-29)43-28-30-17-12-11-13-18-30/h11-13,16-18,21-25,33,42H,3-10,14-15,19-20,26-28H2,1-2H3,(H,37,39)(H,40,41)/b21-16+/t33-,36+/m1/s1. The minimum Gasteiger partial charge on any atom is -0.489 e. The Morgan fingerprint density at radius 2 is 1.49 bits per heavy atom. The first-order valence-corrected chi connectivity index (χ1v) is 15.9. The van der Waals surface area contributed by atoms with Gasteiger partial charge < -0.3 is 20.3 Å². The van der Waals surface area contributed by atoms with Crippen molar-refractivity contribution in [3.05, 3.63) is 77.9 Å². The maximum Gasteiger partial charge on any atom is 0.336 e. The Labute approximate surface area is 257 Å². The van der Waals surface area contributed by atoms with Crippen molar-refractivity contribution in [2.45, 2.75) is 110 Å². The van der Waals surface area contributed by atoms with Gasteiger partial charge in [-0.3, -0.25) is 9.59 Å². The molecule has 0 aliphatic heterocycles. The van der Waals surface area contributed by atoms with Crippen LogP contribution in [-0.4, -0.2) is 40.0 Å². The summed E-state index contributed by atoms with van der Waals surface area (Å²) in [6.07, 6.45) is 15.3. The third-order valence-corrected chi connectivity index (χ3v) is 7.67. The molecule has 2 atom stereocenters. The third-order valence-electron chi connectivity index (χ3n) is 7.67. The lowest BCUT2D eigenvalue weighted by atomic mass is 9.87. The van der Waals surface area contributed by atoms with Gasteiger partial charge in [-0.1, -0.05) is 100 Å². The first-order chi connectivity index (χ1) is 20.7. The van der Waals surface area contributed by atoms with Crippen LogP contribution in [0, 0.1) is 5.92 Å². The molecule has 0 heterocycles. The average Bonchev–Trinajstić information content (AvgIpc) is 3.00. The fourth-order valence-corrected chi connectivity index (χ4v) is 4.82. The van der Waals surface area contributed by atoms with Gasteiger partial charge in [-0.05, 0) is 62.3 Å². The van der Waals surface area contributed by atoms with Crippen LogP contribution in [0.1, 0.15) is 102 Å². The zero-order valence-electron chi connectivity index (χ0n) is 26.1. The number of ether oxygens (including phenoxy) is 1. The summed E-state index contributed by atoms with van der Waals surface area (Å²) in [7, 11) is 0. The second-order valence-electron chi connectivity index (χ2n) is 11.5. The molecule has 43 heavy (non-hydrogen) atoms. The molecule has 0 unspecified atom stereocenters. The van der Waals surface area contributed by atoms with Gasteiger partial charge in [-0.15, -0.1) is 0 Å². The first-order valence-electron chi connectivity index (χ1n) is 15.9. The number of hydrogen-bond donors (Lipinski definition) is 3. The van der Waals surface area contributed by atoms with E-state index in [1.54, 1.807) is 6.08 Å². The van der Waals surface area contributed by atoms with Crippen molar-refractivity contribution in [1.82, 2.24) is 5.32 Å². The number of unbranched alkanes of at least 4 members (excludes halogenated alkanes) is 8. The highest BCUT2D eigenvalue weighted by Gasteiger charge is 2.42. The SMILES string of the molecule is CCCCCCCC(=O)CCCCCC/C=C/[C@H](C(=O)NCCc1ccc(OCc2ccccc2)cc1)[C@](C)(O)C(=O)O. The summed E-state index contributed by atoms with van der Waals surface area (Å²) in [6.45, 7) is 4.12. The molecular weight excluding hydrogens is 542 g/mol. The summed E-state index contributed by atoms with van der Waals surface area (Å²) >= 11 is 0. The molecule has 0 spiro atoms. The largest absolute Gasteiger partial charge is 0.489 e. The van der Waals surface area contributed by atoms with Crippen LogP contribution in [0.4, 0.5) is 0 Å². The van der Waals surface area contributed by atoms with E-state index in [1.165, 1.54) is 25.3 Å². The number of ketones is 1. The molecule has 0 aliphatic rings. The highest BCUT2D eigenvalue weighted by atomic mass is 16.5. The predicted octanol–water partition coefficient (Wildman–Crippen LogP) is 7.20. The van der Waals surface area contributed by atoms with Gasteiger partial charge in [-0.25, -0.2) is 4.79 Å². The van der Waals surface area contributed by atoms with Crippen molar-refractivity contribution in [3.63, 3.8) is 0 Å². The number of carbonyl (C=O) groups is 3. The molecule has 3 N–H and O–H groups in total. The van der Waals surface area contributed by atoms with Crippen LogP contribution in [0.2, 0.25) is 0 Å². The molecule has 0 saturated carbocycles. The number of Topliss-reactive ketones (excluding diaryl/α,β-unsaturated/α-hetero) is 1. The highest BCUT2D eigenvalue weighted by molar-refractivity contribution is 5.90. The van der Waals surface area contributed by atoms with E-state index in [4.69, 9.17) is 4.74 Å². The van der Waals surface area contributed by atoms with E-state index in [1.807, 2.05) is 54.6 Å². The normalized spacial score (nSPS) is 13.4. The van der Waals surface area contributed by atoms with Gasteiger partial charge >= 0.3 is 5.97 Å². The van der Waals surface area contributed by atoms with Crippen LogP contribution in [0.15, 0.2) is 66.7 Å². The molecule has 236 valence electrons. The number of aliphatic carboxylic acids is 1. The van der Waals surface area contributed by atoms with E-state index < -0.39 is 23.4 Å². The van der Waals surface area contributed by atoms with E-state index in [0.717, 1.165) is 62.3 Å². The quantitative estimate of drug-likeness (QED) is 0.0928. The maximum atomic E-state index is 12.9. The number of nitrogens with one attached hydrogen (secondary N) is 1. The Hall–Kier alpha value is -3.45. The van der Waals surface area contributed by atoms with Crippen molar-refractivity contribution in [3.8, 4) is 5.75 Å². The number of benzene rings is 2. The Morgan fingerprint density at radius 3 is 2.12 bits per heavy atom. The van der Waals surface area contributed by atoms with Gasteiger partial charge in [-0.2, -0.15) is 0 Å². The lowest BCUT2D eigenvalue weighted by molar-refractivity contribution is -0.163. The van der Waals surface area contributed by atoms with Gasteiger partial charge in [0.25, 0.3) is 0 Å². The van der Waals surface area contributed by atoms with Gasteiger partial charge in [0.1, 0.15) is 18.1 Å². The van der Waals surface area contributed by atoms with Crippen LogP contribution in [0.25, 0.3) is 0 Å². The Bertz CT molecular complexity index is 1110. The van der Waals surface area contributed by atoms with E-state index in [-0.39, 0.29) is 0 Å². The zero-order chi connectivity index (χ0) is 31.3. The Balaban J connectivity index is 1.71. The molecule has 0 aromatic heterocycles. The second kappa shape index (κ2) is 20.5. The molecule has 0 saturated heterocycles. The summed E-state index contributed by atoms with van der Waals surface area (Å²) in [5, 5.41) is 22.9. The number of carbonyl (C=O) groups excluding carboxylic acids is 2. The molecule has 7 nitrogen and oxygen atoms in total. The fraction of sp³-hybridized carbons (Fsp3) is 0.528. The minimum absolute atomic E-state index is 0.306. The van der Waals surface area contributed by atoms with Crippen LogP contribution >= 0.6 is 0 Å². The number of carboxylic acid groups (broad SMARTS) is 1. The number of aliphatic hydroxyl groups is 1. The second-order valence-corrected chi connectivity index (χ2v) is 11.5. The number of allylic oxidation sites excluding steroid dienone is 1. The summed E-state index contributed by atoms with van der Waals surface area (Å²) in [5.74, 6) is -2.08. The third kappa shape index (κ3) is 14.5. The summed E-state index contributed by atoms with van der Waals surface area (Å²) < 4.78 is 5.81. The van der Waals surface area contributed by atoms with E-state index in [2.05, 4.69) is 12.2 Å². The van der Waals surface area contributed by atoms with Crippen molar-refractivity contribution in [1.29, 1.82) is 0 Å². The number of hydrogen-bond acceptors (Lipinski definition) is 5. The average molecular weight is 594 g/mol. The molecule has 0 radical (unpaired) electrons. The van der Waals surface area contributed by atoms with Crippen molar-refractivity contribution >= 4 is 17.7 Å². The Kier molecular flexibility index (Phi) is 17.0. The molecule has 0 aliphatic carbocycles. The lowest BCUT2D eigenvalue weighted by Gasteiger charge is -2.25. The smallest absolute Gasteiger partial charge is 0.336 e. The number of carboxylic acids is 1. The number of amides is 1. The predicted molar refractivity (Wildman–Crippen MR) is 171 cm³/mol. The maximum absolute atomic E-state index is 12.9. The first kappa shape index (κ1) is 35.7. The molecular formula is C36H51NO6. The van der Waals surface area contributed by atoms with E-state index >= 15 is 0 Å². The van der Waals surface area contributed by atoms with Crippen LogP contribution in [-0.2, 0) is 27.4 Å². The van der Waals surface area contributed by atoms with Gasteiger partial charge in [0.2, 0.25) is 5.91 Å². The molecule has 0 bridgehead atoms. The van der Waals surface area contributed by atoms with Gasteiger partial charge in [0.05, 0.1) is 5.92 Å². The summed E-state index contributed by atoms with van der Waals surface area (Å²) in [5.41, 5.74) is -0.144. The van der Waals surface area contributed by atoms with Gasteiger partial charge in [0.15, 0.2) is 5.60 Å². The highest BCUT2D eigenvalue weighted by Crippen LogP contribution is 2.21. The summed E-state index contributed by atoms with van der Waals surface area (Å²) in [4.78, 5) is 36.6.